The molecule has 0 aliphatic rings. The Morgan fingerprint density at radius 2 is 1.96 bits per heavy atom. The standard InChI is InChI=1S/C18H18N4O2S/c19-17-6-3-14(22(23)24)11-13(17)2-5-15(25)4-1-12-7-9-20-18-16(12)8-10-21-18/h3,6-11H,1-2,4-5,19H2,(H,20,21). The fourth-order valence-corrected chi connectivity index (χ4v) is 3.04. The van der Waals surface area contributed by atoms with Crippen molar-refractivity contribution in [3.8, 4) is 0 Å². The molecule has 7 heteroatoms. The second-order valence-electron chi connectivity index (χ2n) is 5.89. The zero-order chi connectivity index (χ0) is 17.8. The van der Waals surface area contributed by atoms with Gasteiger partial charge in [-0.2, -0.15) is 0 Å². The minimum Gasteiger partial charge on any atom is -0.398 e. The summed E-state index contributed by atoms with van der Waals surface area (Å²) in [6, 6.07) is 8.56. The zero-order valence-corrected chi connectivity index (χ0v) is 14.4. The Labute approximate surface area is 150 Å². The van der Waals surface area contributed by atoms with Crippen LogP contribution in [0.2, 0.25) is 0 Å². The van der Waals surface area contributed by atoms with Crippen LogP contribution >= 0.6 is 12.2 Å². The van der Waals surface area contributed by atoms with Gasteiger partial charge in [0, 0.05) is 35.6 Å². The minimum atomic E-state index is -0.410. The summed E-state index contributed by atoms with van der Waals surface area (Å²) in [6.07, 6.45) is 6.60. The van der Waals surface area contributed by atoms with Gasteiger partial charge >= 0.3 is 0 Å². The third-order valence-corrected chi connectivity index (χ3v) is 4.64. The number of hydrogen-bond acceptors (Lipinski definition) is 5. The second kappa shape index (κ2) is 7.40. The largest absolute Gasteiger partial charge is 0.398 e. The minimum absolute atomic E-state index is 0.0572. The highest BCUT2D eigenvalue weighted by atomic mass is 32.1. The molecule has 1 aromatic carbocycles. The van der Waals surface area contributed by atoms with Crippen LogP contribution in [0.1, 0.15) is 24.0 Å². The number of hydrogen-bond donors (Lipinski definition) is 2. The molecule has 0 spiro atoms. The van der Waals surface area contributed by atoms with Gasteiger partial charge in [0.15, 0.2) is 0 Å². The molecular formula is C18H18N4O2S. The van der Waals surface area contributed by atoms with E-state index in [1.807, 2.05) is 18.3 Å². The lowest BCUT2D eigenvalue weighted by Gasteiger charge is -2.08. The van der Waals surface area contributed by atoms with Gasteiger partial charge in [-0.05, 0) is 59.9 Å². The SMILES string of the molecule is Nc1ccc([N+](=O)[O-])cc1CCC(=S)CCc1ccnc2[nH]ccc12. The van der Waals surface area contributed by atoms with Crippen LogP contribution in [0.4, 0.5) is 11.4 Å². The van der Waals surface area contributed by atoms with Crippen molar-refractivity contribution in [1.82, 2.24) is 9.97 Å². The van der Waals surface area contributed by atoms with Crippen LogP contribution < -0.4 is 5.73 Å². The third-order valence-electron chi connectivity index (χ3n) is 4.23. The van der Waals surface area contributed by atoms with Gasteiger partial charge in [0.1, 0.15) is 5.65 Å². The topological polar surface area (TPSA) is 97.8 Å². The number of rotatable bonds is 7. The van der Waals surface area contributed by atoms with Gasteiger partial charge in [-0.3, -0.25) is 10.1 Å². The molecule has 0 saturated heterocycles. The van der Waals surface area contributed by atoms with Crippen molar-refractivity contribution in [3.05, 3.63) is 64.0 Å². The molecule has 0 unspecified atom stereocenters. The second-order valence-corrected chi connectivity index (χ2v) is 6.47. The fraction of sp³-hybridized carbons (Fsp3) is 0.222. The summed E-state index contributed by atoms with van der Waals surface area (Å²) in [6.45, 7) is 0. The Morgan fingerprint density at radius 3 is 2.72 bits per heavy atom. The van der Waals surface area contributed by atoms with Crippen LogP contribution in [0.25, 0.3) is 11.0 Å². The van der Waals surface area contributed by atoms with E-state index in [1.54, 1.807) is 12.3 Å². The van der Waals surface area contributed by atoms with E-state index < -0.39 is 4.92 Å². The maximum absolute atomic E-state index is 10.9. The Kier molecular flexibility index (Phi) is 5.04. The Morgan fingerprint density at radius 1 is 1.20 bits per heavy atom. The molecule has 2 heterocycles. The summed E-state index contributed by atoms with van der Waals surface area (Å²) in [5.41, 5.74) is 9.40. The number of aromatic nitrogens is 2. The predicted octanol–water partition coefficient (Wildman–Crippen LogP) is 3.99. The normalized spacial score (nSPS) is 10.9. The molecule has 0 radical (unpaired) electrons. The highest BCUT2D eigenvalue weighted by Crippen LogP contribution is 2.22. The number of aryl methyl sites for hydroxylation is 2. The average molecular weight is 354 g/mol. The van der Waals surface area contributed by atoms with Crippen molar-refractivity contribution in [2.45, 2.75) is 25.7 Å². The number of nitrogens with one attached hydrogen (secondary N) is 1. The van der Waals surface area contributed by atoms with Crippen LogP contribution in [0, 0.1) is 10.1 Å². The number of fused-ring (bicyclic) bond motifs is 1. The molecule has 0 saturated carbocycles. The molecule has 0 fully saturated rings. The first-order chi connectivity index (χ1) is 12.0. The number of nitro benzene ring substituents is 1. The summed E-state index contributed by atoms with van der Waals surface area (Å²) < 4.78 is 0. The molecule has 0 bridgehead atoms. The first-order valence-electron chi connectivity index (χ1n) is 8.00. The molecular weight excluding hydrogens is 336 g/mol. The molecule has 0 aliphatic carbocycles. The van der Waals surface area contributed by atoms with E-state index in [4.69, 9.17) is 18.0 Å². The lowest BCUT2D eigenvalue weighted by atomic mass is 10.0. The lowest BCUT2D eigenvalue weighted by molar-refractivity contribution is -0.384. The molecule has 128 valence electrons. The molecule has 25 heavy (non-hydrogen) atoms. The van der Waals surface area contributed by atoms with Crippen molar-refractivity contribution in [1.29, 1.82) is 0 Å². The van der Waals surface area contributed by atoms with Gasteiger partial charge in [-0.15, -0.1) is 0 Å². The average Bonchev–Trinajstić information content (AvgIpc) is 3.08. The van der Waals surface area contributed by atoms with E-state index in [1.165, 1.54) is 17.7 Å². The van der Waals surface area contributed by atoms with Crippen LogP contribution in [-0.4, -0.2) is 19.8 Å². The first-order valence-corrected chi connectivity index (χ1v) is 8.41. The van der Waals surface area contributed by atoms with E-state index in [9.17, 15) is 10.1 Å². The number of non-ortho nitro benzene ring substituents is 1. The highest BCUT2D eigenvalue weighted by molar-refractivity contribution is 7.80. The van der Waals surface area contributed by atoms with Crippen molar-refractivity contribution in [3.63, 3.8) is 0 Å². The number of aromatic amines is 1. The van der Waals surface area contributed by atoms with Crippen molar-refractivity contribution < 1.29 is 4.92 Å². The summed E-state index contributed by atoms with van der Waals surface area (Å²) >= 11 is 5.48. The highest BCUT2D eigenvalue weighted by Gasteiger charge is 2.10. The Balaban J connectivity index is 1.59. The van der Waals surface area contributed by atoms with Gasteiger partial charge in [-0.1, -0.05) is 12.2 Å². The number of nitrogen functional groups attached to an aromatic ring is 1. The Bertz CT molecular complexity index is 936. The molecule has 3 N–H and O–H groups in total. The number of anilines is 1. The number of H-pyrrole nitrogens is 1. The van der Waals surface area contributed by atoms with Crippen molar-refractivity contribution >= 4 is 39.5 Å². The quantitative estimate of drug-likeness (QED) is 0.289. The molecule has 3 aromatic rings. The molecule has 0 amide bonds. The number of pyridine rings is 1. The van der Waals surface area contributed by atoms with Gasteiger partial charge in [0.2, 0.25) is 0 Å². The number of benzene rings is 1. The molecule has 2 aromatic heterocycles. The third kappa shape index (κ3) is 4.00. The van der Waals surface area contributed by atoms with E-state index in [2.05, 4.69) is 9.97 Å². The van der Waals surface area contributed by atoms with Gasteiger partial charge < -0.3 is 10.7 Å². The smallest absolute Gasteiger partial charge is 0.269 e. The number of thiocarbonyl (C=S) groups is 1. The van der Waals surface area contributed by atoms with E-state index >= 15 is 0 Å². The maximum Gasteiger partial charge on any atom is 0.269 e. The fourth-order valence-electron chi connectivity index (χ4n) is 2.83. The van der Waals surface area contributed by atoms with Crippen LogP contribution in [0.5, 0.6) is 0 Å². The van der Waals surface area contributed by atoms with Crippen LogP contribution in [0.3, 0.4) is 0 Å². The van der Waals surface area contributed by atoms with E-state index in [0.29, 0.717) is 18.5 Å². The van der Waals surface area contributed by atoms with E-state index in [0.717, 1.165) is 34.3 Å². The summed E-state index contributed by atoms with van der Waals surface area (Å²) in [7, 11) is 0. The molecule has 3 rings (SSSR count). The van der Waals surface area contributed by atoms with Gasteiger partial charge in [0.25, 0.3) is 5.69 Å². The summed E-state index contributed by atoms with van der Waals surface area (Å²) in [5.74, 6) is 0. The number of nitro groups is 1. The zero-order valence-electron chi connectivity index (χ0n) is 13.6. The Hall–Kier alpha value is -2.80. The number of nitrogens with two attached hydrogens (primary N) is 1. The van der Waals surface area contributed by atoms with Crippen LogP contribution in [-0.2, 0) is 12.8 Å². The maximum atomic E-state index is 10.9. The van der Waals surface area contributed by atoms with Crippen molar-refractivity contribution in [2.75, 3.05) is 5.73 Å². The lowest BCUT2D eigenvalue weighted by Crippen LogP contribution is -2.03. The first kappa shape index (κ1) is 17.0. The van der Waals surface area contributed by atoms with E-state index in [-0.39, 0.29) is 5.69 Å². The predicted molar refractivity (Wildman–Crippen MR) is 103 cm³/mol. The van der Waals surface area contributed by atoms with Gasteiger partial charge in [0.05, 0.1) is 4.92 Å². The molecule has 6 nitrogen and oxygen atoms in total. The monoisotopic (exact) mass is 354 g/mol. The number of nitrogens with zero attached hydrogens (tertiary/aromatic N) is 2. The van der Waals surface area contributed by atoms with Gasteiger partial charge in [-0.25, -0.2) is 4.98 Å². The van der Waals surface area contributed by atoms with Crippen molar-refractivity contribution in [2.24, 2.45) is 0 Å². The molecule has 0 aliphatic heterocycles. The summed E-state index contributed by atoms with van der Waals surface area (Å²) in [4.78, 5) is 18.8. The van der Waals surface area contributed by atoms with Crippen LogP contribution in [0.15, 0.2) is 42.7 Å². The summed E-state index contributed by atoms with van der Waals surface area (Å²) in [5, 5.41) is 12.0. The molecule has 0 atom stereocenters.